The second-order valence-electron chi connectivity index (χ2n) is 5.73. The second kappa shape index (κ2) is 4.42. The summed E-state index contributed by atoms with van der Waals surface area (Å²) >= 11 is 0. The van der Waals surface area contributed by atoms with E-state index in [1.807, 2.05) is 0 Å². The van der Waals surface area contributed by atoms with Gasteiger partial charge in [0.25, 0.3) is 0 Å². The van der Waals surface area contributed by atoms with Gasteiger partial charge in [0, 0.05) is 31.2 Å². The Balaban J connectivity index is 1.92. The molecule has 2 fully saturated rings. The number of rotatable bonds is 3. The summed E-state index contributed by atoms with van der Waals surface area (Å²) in [5.41, 5.74) is 0. The molecule has 1 aliphatic carbocycles. The third-order valence-corrected chi connectivity index (χ3v) is 4.47. The van der Waals surface area contributed by atoms with E-state index < -0.39 is 0 Å². The van der Waals surface area contributed by atoms with Gasteiger partial charge >= 0.3 is 0 Å². The van der Waals surface area contributed by atoms with Gasteiger partial charge < -0.3 is 5.32 Å². The van der Waals surface area contributed by atoms with Crippen molar-refractivity contribution >= 4 is 0 Å². The van der Waals surface area contributed by atoms with Gasteiger partial charge in [-0.15, -0.1) is 0 Å². The monoisotopic (exact) mass is 210 g/mol. The summed E-state index contributed by atoms with van der Waals surface area (Å²) in [7, 11) is 0. The highest BCUT2D eigenvalue weighted by molar-refractivity contribution is 4.98. The van der Waals surface area contributed by atoms with E-state index in [0.717, 1.165) is 30.0 Å². The Morgan fingerprint density at radius 3 is 2.60 bits per heavy atom. The molecule has 1 heterocycles. The van der Waals surface area contributed by atoms with Crippen LogP contribution in [-0.4, -0.2) is 36.1 Å². The van der Waals surface area contributed by atoms with E-state index in [9.17, 15) is 0 Å². The number of nitrogens with zero attached hydrogens (tertiary/aromatic N) is 1. The molecule has 1 N–H and O–H groups in total. The summed E-state index contributed by atoms with van der Waals surface area (Å²) in [6, 6.07) is 2.35. The van der Waals surface area contributed by atoms with Crippen molar-refractivity contribution in [1.82, 2.24) is 10.2 Å². The SMILES string of the molecule is CCC(C)C1CN(C2CC2C)C(C)CN1. The van der Waals surface area contributed by atoms with E-state index in [1.54, 1.807) is 0 Å². The van der Waals surface area contributed by atoms with Gasteiger partial charge in [-0.1, -0.05) is 27.2 Å². The maximum Gasteiger partial charge on any atom is 0.0221 e. The largest absolute Gasteiger partial charge is 0.311 e. The molecule has 0 amide bonds. The maximum absolute atomic E-state index is 3.71. The summed E-state index contributed by atoms with van der Waals surface area (Å²) in [4.78, 5) is 2.75. The van der Waals surface area contributed by atoms with Crippen molar-refractivity contribution in [3.05, 3.63) is 0 Å². The molecule has 0 spiro atoms. The fraction of sp³-hybridized carbons (Fsp3) is 1.00. The highest BCUT2D eigenvalue weighted by Crippen LogP contribution is 2.37. The number of piperazine rings is 1. The Labute approximate surface area is 94.4 Å². The van der Waals surface area contributed by atoms with Crippen molar-refractivity contribution in [3.63, 3.8) is 0 Å². The van der Waals surface area contributed by atoms with Gasteiger partial charge in [-0.05, 0) is 25.2 Å². The first kappa shape index (κ1) is 11.4. The average Bonchev–Trinajstić information content (AvgIpc) is 2.95. The van der Waals surface area contributed by atoms with Crippen LogP contribution in [0.5, 0.6) is 0 Å². The van der Waals surface area contributed by atoms with Gasteiger partial charge in [0.2, 0.25) is 0 Å². The molecule has 0 bridgehead atoms. The lowest BCUT2D eigenvalue weighted by molar-refractivity contribution is 0.106. The van der Waals surface area contributed by atoms with Crippen LogP contribution < -0.4 is 5.32 Å². The summed E-state index contributed by atoms with van der Waals surface area (Å²) in [6.45, 7) is 11.9. The Hall–Kier alpha value is -0.0800. The summed E-state index contributed by atoms with van der Waals surface area (Å²) in [6.07, 6.45) is 2.72. The minimum absolute atomic E-state index is 0.721. The van der Waals surface area contributed by atoms with E-state index in [0.29, 0.717) is 0 Å². The van der Waals surface area contributed by atoms with E-state index in [1.165, 1.54) is 25.9 Å². The summed E-state index contributed by atoms with van der Waals surface area (Å²) in [5.74, 6) is 1.76. The van der Waals surface area contributed by atoms with E-state index >= 15 is 0 Å². The Morgan fingerprint density at radius 2 is 2.07 bits per heavy atom. The molecular weight excluding hydrogens is 184 g/mol. The minimum atomic E-state index is 0.721. The zero-order valence-electron chi connectivity index (χ0n) is 10.7. The zero-order chi connectivity index (χ0) is 11.0. The number of nitrogens with one attached hydrogen (secondary N) is 1. The van der Waals surface area contributed by atoms with Crippen molar-refractivity contribution in [2.75, 3.05) is 13.1 Å². The highest BCUT2D eigenvalue weighted by Gasteiger charge is 2.42. The quantitative estimate of drug-likeness (QED) is 0.767. The van der Waals surface area contributed by atoms with Crippen LogP contribution in [-0.2, 0) is 0 Å². The van der Waals surface area contributed by atoms with Gasteiger partial charge in [-0.25, -0.2) is 0 Å². The van der Waals surface area contributed by atoms with Crippen LogP contribution in [0.2, 0.25) is 0 Å². The molecule has 0 aromatic carbocycles. The van der Waals surface area contributed by atoms with Crippen LogP contribution >= 0.6 is 0 Å². The molecule has 1 saturated heterocycles. The molecule has 5 unspecified atom stereocenters. The van der Waals surface area contributed by atoms with Crippen LogP contribution in [0.25, 0.3) is 0 Å². The lowest BCUT2D eigenvalue weighted by Crippen LogP contribution is -2.58. The fourth-order valence-corrected chi connectivity index (χ4v) is 2.80. The summed E-state index contributed by atoms with van der Waals surface area (Å²) < 4.78 is 0. The Bertz CT molecular complexity index is 215. The van der Waals surface area contributed by atoms with Crippen molar-refractivity contribution in [1.29, 1.82) is 0 Å². The first-order valence-corrected chi connectivity index (χ1v) is 6.62. The average molecular weight is 210 g/mol. The molecule has 0 radical (unpaired) electrons. The predicted molar refractivity (Wildman–Crippen MR) is 65.0 cm³/mol. The molecule has 0 aromatic rings. The Morgan fingerprint density at radius 1 is 1.40 bits per heavy atom. The molecule has 0 aromatic heterocycles. The molecule has 1 saturated carbocycles. The van der Waals surface area contributed by atoms with Gasteiger partial charge in [0.1, 0.15) is 0 Å². The van der Waals surface area contributed by atoms with Crippen LogP contribution in [0.1, 0.15) is 40.5 Å². The molecule has 15 heavy (non-hydrogen) atoms. The minimum Gasteiger partial charge on any atom is -0.311 e. The van der Waals surface area contributed by atoms with E-state index in [-0.39, 0.29) is 0 Å². The van der Waals surface area contributed by atoms with E-state index in [4.69, 9.17) is 0 Å². The molecule has 2 aliphatic rings. The first-order valence-electron chi connectivity index (χ1n) is 6.62. The zero-order valence-corrected chi connectivity index (χ0v) is 10.7. The second-order valence-corrected chi connectivity index (χ2v) is 5.73. The Kier molecular flexibility index (Phi) is 3.36. The van der Waals surface area contributed by atoms with Gasteiger partial charge in [0.05, 0.1) is 0 Å². The van der Waals surface area contributed by atoms with Gasteiger partial charge in [-0.3, -0.25) is 4.90 Å². The van der Waals surface area contributed by atoms with Crippen molar-refractivity contribution in [2.24, 2.45) is 11.8 Å². The van der Waals surface area contributed by atoms with Crippen LogP contribution in [0.15, 0.2) is 0 Å². The molecule has 1 aliphatic heterocycles. The predicted octanol–water partition coefficient (Wildman–Crippen LogP) is 2.10. The standard InChI is InChI=1S/C13H26N2/c1-5-9(2)12-8-15(11(4)7-14-12)13-6-10(13)3/h9-14H,5-8H2,1-4H3. The lowest BCUT2D eigenvalue weighted by Gasteiger charge is -2.41. The van der Waals surface area contributed by atoms with Crippen molar-refractivity contribution in [3.8, 4) is 0 Å². The normalized spacial score (nSPS) is 44.0. The van der Waals surface area contributed by atoms with Crippen molar-refractivity contribution in [2.45, 2.75) is 58.7 Å². The molecule has 5 atom stereocenters. The molecule has 88 valence electrons. The van der Waals surface area contributed by atoms with Gasteiger partial charge in [-0.2, -0.15) is 0 Å². The van der Waals surface area contributed by atoms with Crippen LogP contribution in [0.4, 0.5) is 0 Å². The summed E-state index contributed by atoms with van der Waals surface area (Å²) in [5, 5.41) is 3.71. The maximum atomic E-state index is 3.71. The van der Waals surface area contributed by atoms with E-state index in [2.05, 4.69) is 37.9 Å². The fourth-order valence-electron chi connectivity index (χ4n) is 2.80. The lowest BCUT2D eigenvalue weighted by atomic mass is 9.95. The molecular formula is C13H26N2. The van der Waals surface area contributed by atoms with Gasteiger partial charge in [0.15, 0.2) is 0 Å². The topological polar surface area (TPSA) is 15.3 Å². The molecule has 2 nitrogen and oxygen atoms in total. The molecule has 2 rings (SSSR count). The highest BCUT2D eigenvalue weighted by atomic mass is 15.3. The van der Waals surface area contributed by atoms with Crippen LogP contribution in [0.3, 0.4) is 0 Å². The first-order chi connectivity index (χ1) is 7.13. The molecule has 2 heteroatoms. The van der Waals surface area contributed by atoms with Crippen LogP contribution in [0, 0.1) is 11.8 Å². The third kappa shape index (κ3) is 2.36. The van der Waals surface area contributed by atoms with Crippen molar-refractivity contribution < 1.29 is 0 Å². The number of hydrogen-bond acceptors (Lipinski definition) is 2. The smallest absolute Gasteiger partial charge is 0.0221 e. The number of hydrogen-bond donors (Lipinski definition) is 1. The third-order valence-electron chi connectivity index (χ3n) is 4.47.